The fraction of sp³-hybridized carbons (Fsp3) is 0.542. The summed E-state index contributed by atoms with van der Waals surface area (Å²) in [6.07, 6.45) is 2.09. The SMILES string of the molecule is CCCO[C@@H]1C[C@@H](C(N)Cc2cccc3ccccc23)N(C(=O)OC(C)(C)C)C1. The van der Waals surface area contributed by atoms with Gasteiger partial charge in [-0.3, -0.25) is 0 Å². The van der Waals surface area contributed by atoms with Crippen molar-refractivity contribution in [3.8, 4) is 0 Å². The van der Waals surface area contributed by atoms with Crippen molar-refractivity contribution >= 4 is 16.9 Å². The molecule has 0 spiro atoms. The number of carbonyl (C=O) groups excluding carboxylic acids is 1. The first-order valence-corrected chi connectivity index (χ1v) is 10.6. The molecule has 2 N–H and O–H groups in total. The number of nitrogens with two attached hydrogens (primary N) is 1. The van der Waals surface area contributed by atoms with E-state index in [2.05, 4.69) is 43.3 Å². The fourth-order valence-electron chi connectivity index (χ4n) is 4.03. The average Bonchev–Trinajstić information content (AvgIpc) is 3.10. The molecule has 3 rings (SSSR count). The van der Waals surface area contributed by atoms with Crippen molar-refractivity contribution in [1.82, 2.24) is 4.90 Å². The Morgan fingerprint density at radius 2 is 1.93 bits per heavy atom. The largest absolute Gasteiger partial charge is 0.444 e. The first-order chi connectivity index (χ1) is 13.8. The second-order valence-corrected chi connectivity index (χ2v) is 8.93. The molecular formula is C24H34N2O3. The third kappa shape index (κ3) is 5.49. The molecule has 158 valence electrons. The topological polar surface area (TPSA) is 64.8 Å². The number of ether oxygens (including phenoxy) is 2. The van der Waals surface area contributed by atoms with Crippen LogP contribution in [0.4, 0.5) is 4.79 Å². The van der Waals surface area contributed by atoms with Crippen molar-refractivity contribution in [2.24, 2.45) is 5.73 Å². The second-order valence-electron chi connectivity index (χ2n) is 8.93. The van der Waals surface area contributed by atoms with Crippen molar-refractivity contribution in [3.05, 3.63) is 48.0 Å². The van der Waals surface area contributed by atoms with Crippen LogP contribution in [0.2, 0.25) is 0 Å². The van der Waals surface area contributed by atoms with Gasteiger partial charge < -0.3 is 20.1 Å². The standard InChI is InChI=1S/C24H34N2O3/c1-5-13-28-19-15-22(26(16-19)23(27)29-24(2,3)4)21(25)14-18-11-8-10-17-9-6-7-12-20(17)18/h6-12,19,21-22H,5,13-16,25H2,1-4H3/t19-,21?,22+/m1/s1. The normalized spacial score (nSPS) is 20.8. The van der Waals surface area contributed by atoms with E-state index in [0.29, 0.717) is 19.6 Å². The Bertz CT molecular complexity index is 825. The van der Waals surface area contributed by atoms with Crippen LogP contribution in [0.3, 0.4) is 0 Å². The summed E-state index contributed by atoms with van der Waals surface area (Å²) in [5, 5.41) is 2.42. The van der Waals surface area contributed by atoms with Crippen molar-refractivity contribution in [2.45, 2.75) is 70.7 Å². The van der Waals surface area contributed by atoms with Crippen molar-refractivity contribution in [3.63, 3.8) is 0 Å². The van der Waals surface area contributed by atoms with Gasteiger partial charge in [0.15, 0.2) is 0 Å². The van der Waals surface area contributed by atoms with Crippen LogP contribution in [-0.4, -0.2) is 47.9 Å². The number of rotatable bonds is 6. The molecule has 1 heterocycles. The molecule has 1 aliphatic rings. The number of benzene rings is 2. The Kier molecular flexibility index (Phi) is 6.81. The fourth-order valence-corrected chi connectivity index (χ4v) is 4.03. The predicted molar refractivity (Wildman–Crippen MR) is 117 cm³/mol. The van der Waals surface area contributed by atoms with Crippen LogP contribution < -0.4 is 5.73 Å². The zero-order valence-corrected chi connectivity index (χ0v) is 18.1. The molecule has 5 nitrogen and oxygen atoms in total. The lowest BCUT2D eigenvalue weighted by Gasteiger charge is -2.31. The maximum Gasteiger partial charge on any atom is 0.410 e. The van der Waals surface area contributed by atoms with Gasteiger partial charge in [-0.15, -0.1) is 0 Å². The Labute approximate surface area is 174 Å². The van der Waals surface area contributed by atoms with Crippen molar-refractivity contribution in [2.75, 3.05) is 13.2 Å². The average molecular weight is 399 g/mol. The quantitative estimate of drug-likeness (QED) is 0.777. The third-order valence-electron chi connectivity index (χ3n) is 5.32. The minimum Gasteiger partial charge on any atom is -0.444 e. The minimum atomic E-state index is -0.538. The number of carbonyl (C=O) groups is 1. The van der Waals surface area contributed by atoms with Gasteiger partial charge in [0.05, 0.1) is 18.7 Å². The van der Waals surface area contributed by atoms with Crippen LogP contribution in [0, 0.1) is 0 Å². The monoisotopic (exact) mass is 398 g/mol. The zero-order chi connectivity index (χ0) is 21.0. The number of likely N-dealkylation sites (tertiary alicyclic amines) is 1. The highest BCUT2D eigenvalue weighted by molar-refractivity contribution is 5.85. The van der Waals surface area contributed by atoms with Crippen LogP contribution in [0.15, 0.2) is 42.5 Å². The molecule has 1 saturated heterocycles. The molecule has 0 aromatic heterocycles. The number of hydrogen-bond donors (Lipinski definition) is 1. The summed E-state index contributed by atoms with van der Waals surface area (Å²) in [5.74, 6) is 0. The van der Waals surface area contributed by atoms with Gasteiger partial charge in [0.2, 0.25) is 0 Å². The number of fused-ring (bicyclic) bond motifs is 1. The second kappa shape index (κ2) is 9.14. The Balaban J connectivity index is 1.79. The van der Waals surface area contributed by atoms with Gasteiger partial charge in [-0.05, 0) is 56.4 Å². The summed E-state index contributed by atoms with van der Waals surface area (Å²) in [5.41, 5.74) is 7.35. The highest BCUT2D eigenvalue weighted by Gasteiger charge is 2.41. The van der Waals surface area contributed by atoms with E-state index in [-0.39, 0.29) is 24.3 Å². The molecule has 0 saturated carbocycles. The summed E-state index contributed by atoms with van der Waals surface area (Å²) >= 11 is 0. The maximum absolute atomic E-state index is 12.9. The van der Waals surface area contributed by atoms with Crippen LogP contribution >= 0.6 is 0 Å². The van der Waals surface area contributed by atoms with Gasteiger partial charge >= 0.3 is 6.09 Å². The summed E-state index contributed by atoms with van der Waals surface area (Å²) in [6.45, 7) is 8.97. The van der Waals surface area contributed by atoms with E-state index in [4.69, 9.17) is 15.2 Å². The molecule has 1 aliphatic heterocycles. The van der Waals surface area contributed by atoms with E-state index in [0.717, 1.165) is 12.8 Å². The van der Waals surface area contributed by atoms with Crippen LogP contribution in [0.25, 0.3) is 10.8 Å². The first kappa shape index (κ1) is 21.6. The lowest BCUT2D eigenvalue weighted by atomic mass is 9.94. The summed E-state index contributed by atoms with van der Waals surface area (Å²) < 4.78 is 11.6. The molecule has 3 atom stereocenters. The van der Waals surface area contributed by atoms with E-state index in [9.17, 15) is 4.79 Å². The van der Waals surface area contributed by atoms with Gasteiger partial charge in [-0.1, -0.05) is 49.4 Å². The number of amides is 1. The Morgan fingerprint density at radius 3 is 2.66 bits per heavy atom. The molecular weight excluding hydrogens is 364 g/mol. The lowest BCUT2D eigenvalue weighted by Crippen LogP contribution is -2.49. The molecule has 0 bridgehead atoms. The minimum absolute atomic E-state index is 0.00559. The van der Waals surface area contributed by atoms with Crippen molar-refractivity contribution in [1.29, 1.82) is 0 Å². The Morgan fingerprint density at radius 1 is 1.21 bits per heavy atom. The van der Waals surface area contributed by atoms with Gasteiger partial charge in [-0.25, -0.2) is 4.79 Å². The van der Waals surface area contributed by atoms with Crippen molar-refractivity contribution < 1.29 is 14.3 Å². The molecule has 0 radical (unpaired) electrons. The molecule has 5 heteroatoms. The van der Waals surface area contributed by atoms with E-state index < -0.39 is 5.60 Å². The molecule has 2 aromatic rings. The third-order valence-corrected chi connectivity index (χ3v) is 5.32. The lowest BCUT2D eigenvalue weighted by molar-refractivity contribution is 0.0155. The molecule has 0 aliphatic carbocycles. The van der Waals surface area contributed by atoms with Crippen LogP contribution in [0.5, 0.6) is 0 Å². The van der Waals surface area contributed by atoms with E-state index in [1.165, 1.54) is 16.3 Å². The summed E-state index contributed by atoms with van der Waals surface area (Å²) in [6, 6.07) is 14.3. The van der Waals surface area contributed by atoms with Gasteiger partial charge in [0.1, 0.15) is 5.60 Å². The van der Waals surface area contributed by atoms with E-state index in [1.54, 1.807) is 4.90 Å². The molecule has 29 heavy (non-hydrogen) atoms. The maximum atomic E-state index is 12.9. The van der Waals surface area contributed by atoms with Gasteiger partial charge in [0.25, 0.3) is 0 Å². The molecule has 2 aromatic carbocycles. The van der Waals surface area contributed by atoms with Crippen LogP contribution in [-0.2, 0) is 15.9 Å². The summed E-state index contributed by atoms with van der Waals surface area (Å²) in [4.78, 5) is 14.6. The number of hydrogen-bond acceptors (Lipinski definition) is 4. The number of nitrogens with zero attached hydrogens (tertiary/aromatic N) is 1. The highest BCUT2D eigenvalue weighted by atomic mass is 16.6. The molecule has 1 unspecified atom stereocenters. The van der Waals surface area contributed by atoms with E-state index in [1.807, 2.05) is 26.8 Å². The first-order valence-electron chi connectivity index (χ1n) is 10.6. The van der Waals surface area contributed by atoms with E-state index >= 15 is 0 Å². The zero-order valence-electron chi connectivity index (χ0n) is 18.1. The Hall–Kier alpha value is -2.11. The molecule has 1 amide bonds. The smallest absolute Gasteiger partial charge is 0.410 e. The van der Waals surface area contributed by atoms with Gasteiger partial charge in [-0.2, -0.15) is 0 Å². The van der Waals surface area contributed by atoms with Gasteiger partial charge in [0, 0.05) is 12.6 Å². The summed E-state index contributed by atoms with van der Waals surface area (Å²) in [7, 11) is 0. The van der Waals surface area contributed by atoms with Crippen LogP contribution in [0.1, 0.15) is 46.1 Å². The predicted octanol–water partition coefficient (Wildman–Crippen LogP) is 4.51. The highest BCUT2D eigenvalue weighted by Crippen LogP contribution is 2.28. The molecule has 1 fully saturated rings.